The van der Waals surface area contributed by atoms with Gasteiger partial charge in [0.1, 0.15) is 5.65 Å². The molecule has 15 heavy (non-hydrogen) atoms. The van der Waals surface area contributed by atoms with Crippen LogP contribution in [-0.2, 0) is 11.8 Å². The average Bonchev–Trinajstić information content (AvgIpc) is 2.56. The second-order valence-electron chi connectivity index (χ2n) is 3.31. The Balaban J connectivity index is 2.72. The number of hydrogen-bond acceptors (Lipinski definition) is 2. The van der Waals surface area contributed by atoms with E-state index in [1.165, 1.54) is 0 Å². The van der Waals surface area contributed by atoms with Gasteiger partial charge in [0.25, 0.3) is 0 Å². The number of aliphatic carboxylic acids is 1. The van der Waals surface area contributed by atoms with E-state index in [4.69, 9.17) is 5.11 Å². The zero-order valence-electron chi connectivity index (χ0n) is 8.27. The van der Waals surface area contributed by atoms with Gasteiger partial charge in [0.05, 0.1) is 5.57 Å². The molecule has 2 aromatic rings. The lowest BCUT2D eigenvalue weighted by Crippen LogP contribution is -1.96. The standard InChI is InChI=1S/C11H10N2O2/c1-7(11(14)15)9-6-13(2)10-8(9)4-3-5-12-10/h3-6H,1H2,2H3,(H,14,15). The molecule has 0 aliphatic carbocycles. The van der Waals surface area contributed by atoms with E-state index in [-0.39, 0.29) is 5.57 Å². The summed E-state index contributed by atoms with van der Waals surface area (Å²) >= 11 is 0. The maximum atomic E-state index is 10.8. The van der Waals surface area contributed by atoms with Crippen molar-refractivity contribution in [2.75, 3.05) is 0 Å². The van der Waals surface area contributed by atoms with Crippen LogP contribution in [0.25, 0.3) is 16.6 Å². The Morgan fingerprint density at radius 3 is 3.00 bits per heavy atom. The first-order valence-corrected chi connectivity index (χ1v) is 4.44. The highest BCUT2D eigenvalue weighted by atomic mass is 16.4. The molecule has 0 aliphatic heterocycles. The molecule has 1 N–H and O–H groups in total. The molecule has 2 heterocycles. The predicted octanol–water partition coefficient (Wildman–Crippen LogP) is 1.67. The highest BCUT2D eigenvalue weighted by Gasteiger charge is 2.14. The van der Waals surface area contributed by atoms with Crippen LogP contribution in [0.3, 0.4) is 0 Å². The van der Waals surface area contributed by atoms with Crippen molar-refractivity contribution in [2.24, 2.45) is 7.05 Å². The number of aryl methyl sites for hydroxylation is 1. The molecular formula is C11H10N2O2. The second kappa shape index (κ2) is 3.24. The van der Waals surface area contributed by atoms with Crippen LogP contribution < -0.4 is 0 Å². The Labute approximate surface area is 86.5 Å². The van der Waals surface area contributed by atoms with E-state index >= 15 is 0 Å². The summed E-state index contributed by atoms with van der Waals surface area (Å²) in [4.78, 5) is 15.0. The molecule has 0 bridgehead atoms. The number of hydrogen-bond donors (Lipinski definition) is 1. The molecule has 0 aliphatic rings. The molecule has 4 heteroatoms. The van der Waals surface area contributed by atoms with Crippen LogP contribution in [0.4, 0.5) is 0 Å². The van der Waals surface area contributed by atoms with E-state index in [9.17, 15) is 4.79 Å². The van der Waals surface area contributed by atoms with E-state index in [1.54, 1.807) is 23.0 Å². The minimum atomic E-state index is -1.01. The quantitative estimate of drug-likeness (QED) is 0.753. The number of pyridine rings is 1. The van der Waals surface area contributed by atoms with E-state index in [0.29, 0.717) is 5.56 Å². The second-order valence-corrected chi connectivity index (χ2v) is 3.31. The smallest absolute Gasteiger partial charge is 0.335 e. The van der Waals surface area contributed by atoms with Gasteiger partial charge in [-0.05, 0) is 12.1 Å². The first-order valence-electron chi connectivity index (χ1n) is 4.44. The van der Waals surface area contributed by atoms with Crippen LogP contribution in [0.5, 0.6) is 0 Å². The Morgan fingerprint density at radius 2 is 2.33 bits per heavy atom. The Morgan fingerprint density at radius 1 is 1.60 bits per heavy atom. The van der Waals surface area contributed by atoms with Crippen molar-refractivity contribution < 1.29 is 9.90 Å². The molecule has 4 nitrogen and oxygen atoms in total. The fourth-order valence-electron chi connectivity index (χ4n) is 1.57. The lowest BCUT2D eigenvalue weighted by Gasteiger charge is -1.96. The monoisotopic (exact) mass is 202 g/mol. The summed E-state index contributed by atoms with van der Waals surface area (Å²) in [6, 6.07) is 3.62. The molecule has 2 aromatic heterocycles. The summed E-state index contributed by atoms with van der Waals surface area (Å²) in [5.74, 6) is -1.01. The number of carboxylic acid groups (broad SMARTS) is 1. The van der Waals surface area contributed by atoms with Crippen molar-refractivity contribution in [2.45, 2.75) is 0 Å². The summed E-state index contributed by atoms with van der Waals surface area (Å²) in [5.41, 5.74) is 1.47. The van der Waals surface area contributed by atoms with Crippen LogP contribution in [0, 0.1) is 0 Å². The maximum Gasteiger partial charge on any atom is 0.335 e. The van der Waals surface area contributed by atoms with E-state index in [2.05, 4.69) is 11.6 Å². The van der Waals surface area contributed by atoms with Crippen LogP contribution >= 0.6 is 0 Å². The molecule has 0 aromatic carbocycles. The summed E-state index contributed by atoms with van der Waals surface area (Å²) in [6.45, 7) is 3.55. The van der Waals surface area contributed by atoms with Gasteiger partial charge in [-0.25, -0.2) is 9.78 Å². The van der Waals surface area contributed by atoms with E-state index in [0.717, 1.165) is 11.0 Å². The normalized spacial score (nSPS) is 10.5. The number of aromatic nitrogens is 2. The molecule has 0 fully saturated rings. The molecule has 0 atom stereocenters. The summed E-state index contributed by atoms with van der Waals surface area (Å²) < 4.78 is 1.79. The lowest BCUT2D eigenvalue weighted by molar-refractivity contribution is -0.130. The Hall–Kier alpha value is -2.10. The number of carbonyl (C=O) groups is 1. The zero-order valence-corrected chi connectivity index (χ0v) is 8.27. The first kappa shape index (κ1) is 9.45. The third-order valence-electron chi connectivity index (χ3n) is 2.32. The van der Waals surface area contributed by atoms with Gasteiger partial charge in [0.2, 0.25) is 0 Å². The molecule has 0 spiro atoms. The van der Waals surface area contributed by atoms with Gasteiger partial charge in [-0.1, -0.05) is 6.58 Å². The number of fused-ring (bicyclic) bond motifs is 1. The highest BCUT2D eigenvalue weighted by molar-refractivity contribution is 6.18. The molecule has 2 rings (SSSR count). The van der Waals surface area contributed by atoms with Crippen molar-refractivity contribution in [3.05, 3.63) is 36.7 Å². The first-order chi connectivity index (χ1) is 7.11. The fraction of sp³-hybridized carbons (Fsp3) is 0.0909. The highest BCUT2D eigenvalue weighted by Crippen LogP contribution is 2.24. The van der Waals surface area contributed by atoms with Crippen LogP contribution in [0.2, 0.25) is 0 Å². The summed E-state index contributed by atoms with van der Waals surface area (Å²) in [5, 5.41) is 9.69. The molecule has 0 saturated heterocycles. The van der Waals surface area contributed by atoms with Gasteiger partial charge in [-0.2, -0.15) is 0 Å². The van der Waals surface area contributed by atoms with Crippen LogP contribution in [-0.4, -0.2) is 20.6 Å². The van der Waals surface area contributed by atoms with Crippen LogP contribution in [0.15, 0.2) is 31.1 Å². The molecule has 0 amide bonds. The van der Waals surface area contributed by atoms with Gasteiger partial charge in [0, 0.05) is 30.4 Å². The van der Waals surface area contributed by atoms with Gasteiger partial charge >= 0.3 is 5.97 Å². The van der Waals surface area contributed by atoms with Gasteiger partial charge in [0.15, 0.2) is 0 Å². The van der Waals surface area contributed by atoms with Crippen molar-refractivity contribution >= 4 is 22.6 Å². The average molecular weight is 202 g/mol. The van der Waals surface area contributed by atoms with Crippen molar-refractivity contribution in [3.63, 3.8) is 0 Å². The minimum Gasteiger partial charge on any atom is -0.478 e. The van der Waals surface area contributed by atoms with Gasteiger partial charge in [-0.15, -0.1) is 0 Å². The number of carboxylic acids is 1. The molecular weight excluding hydrogens is 192 g/mol. The summed E-state index contributed by atoms with van der Waals surface area (Å²) in [6.07, 6.45) is 3.41. The van der Waals surface area contributed by atoms with Crippen LogP contribution in [0.1, 0.15) is 5.56 Å². The minimum absolute atomic E-state index is 0.0913. The number of rotatable bonds is 2. The van der Waals surface area contributed by atoms with Gasteiger partial charge < -0.3 is 9.67 Å². The van der Waals surface area contributed by atoms with E-state index in [1.807, 2.05) is 13.1 Å². The fourth-order valence-corrected chi connectivity index (χ4v) is 1.57. The Kier molecular flexibility index (Phi) is 2.04. The largest absolute Gasteiger partial charge is 0.478 e. The molecule has 0 saturated carbocycles. The summed E-state index contributed by atoms with van der Waals surface area (Å²) in [7, 11) is 1.83. The van der Waals surface area contributed by atoms with Crippen molar-refractivity contribution in [3.8, 4) is 0 Å². The maximum absolute atomic E-state index is 10.8. The number of nitrogens with zero attached hydrogens (tertiary/aromatic N) is 2. The molecule has 0 unspecified atom stereocenters. The lowest BCUT2D eigenvalue weighted by atomic mass is 10.1. The van der Waals surface area contributed by atoms with Crippen molar-refractivity contribution in [1.29, 1.82) is 0 Å². The zero-order chi connectivity index (χ0) is 11.0. The van der Waals surface area contributed by atoms with E-state index < -0.39 is 5.97 Å². The van der Waals surface area contributed by atoms with Crippen molar-refractivity contribution in [1.82, 2.24) is 9.55 Å². The van der Waals surface area contributed by atoms with Gasteiger partial charge in [-0.3, -0.25) is 0 Å². The Bertz CT molecular complexity index is 555. The predicted molar refractivity (Wildman–Crippen MR) is 57.4 cm³/mol. The topological polar surface area (TPSA) is 55.1 Å². The third-order valence-corrected chi connectivity index (χ3v) is 2.32. The third kappa shape index (κ3) is 1.40. The molecule has 0 radical (unpaired) electrons. The SMILES string of the molecule is C=C(C(=O)O)c1cn(C)c2ncccc12. The molecule has 76 valence electrons.